The van der Waals surface area contributed by atoms with Gasteiger partial charge in [0, 0.05) is 43.4 Å². The van der Waals surface area contributed by atoms with Crippen LogP contribution in [-0.2, 0) is 9.59 Å². The van der Waals surface area contributed by atoms with E-state index in [-0.39, 0.29) is 10.5 Å². The van der Waals surface area contributed by atoms with Gasteiger partial charge in [-0.3, -0.25) is 14.5 Å². The zero-order chi connectivity index (χ0) is 15.5. The highest BCUT2D eigenvalue weighted by molar-refractivity contribution is 8.16. The van der Waals surface area contributed by atoms with Crippen LogP contribution in [0.15, 0.2) is 24.3 Å². The standard InChI is InChI=1S/C15H18ClN3O2S/c16-11-2-1-3-12(10-11)19-8-6-18(7-9-19)5-4-13-17-14(20)15(21)22-13/h1-3,10,13H,4-9H2,(H,17,20). The summed E-state index contributed by atoms with van der Waals surface area (Å²) in [7, 11) is 0. The van der Waals surface area contributed by atoms with E-state index in [2.05, 4.69) is 21.2 Å². The first-order valence-electron chi connectivity index (χ1n) is 7.36. The summed E-state index contributed by atoms with van der Waals surface area (Å²) in [5.41, 5.74) is 1.16. The van der Waals surface area contributed by atoms with E-state index in [9.17, 15) is 9.59 Å². The number of nitrogens with zero attached hydrogens (tertiary/aromatic N) is 2. The maximum Gasteiger partial charge on any atom is 0.299 e. The summed E-state index contributed by atoms with van der Waals surface area (Å²) < 4.78 is 0. The Bertz CT molecular complexity index is 560. The number of carbonyl (C=O) groups excluding carboxylic acids is 2. The minimum atomic E-state index is -0.458. The summed E-state index contributed by atoms with van der Waals surface area (Å²) in [6.45, 7) is 4.78. The highest BCUT2D eigenvalue weighted by Gasteiger charge is 2.30. The van der Waals surface area contributed by atoms with Crippen molar-refractivity contribution in [3.63, 3.8) is 0 Å². The van der Waals surface area contributed by atoms with Gasteiger partial charge in [-0.25, -0.2) is 0 Å². The molecular weight excluding hydrogens is 322 g/mol. The molecule has 118 valence electrons. The Balaban J connectivity index is 1.44. The Hall–Kier alpha value is -1.24. The third kappa shape index (κ3) is 3.74. The Labute approximate surface area is 139 Å². The normalized spacial score (nSPS) is 23.0. The van der Waals surface area contributed by atoms with Crippen molar-refractivity contribution < 1.29 is 9.59 Å². The molecule has 1 atom stereocenters. The number of hydrogen-bond acceptors (Lipinski definition) is 5. The first-order valence-corrected chi connectivity index (χ1v) is 8.62. The first-order chi connectivity index (χ1) is 10.6. The molecule has 7 heteroatoms. The number of halogens is 1. The van der Waals surface area contributed by atoms with E-state index in [1.807, 2.05) is 18.2 Å². The molecule has 5 nitrogen and oxygen atoms in total. The molecule has 1 amide bonds. The van der Waals surface area contributed by atoms with Crippen LogP contribution in [0.4, 0.5) is 5.69 Å². The molecule has 2 aliphatic heterocycles. The lowest BCUT2D eigenvalue weighted by Gasteiger charge is -2.36. The van der Waals surface area contributed by atoms with Gasteiger partial charge in [-0.1, -0.05) is 29.4 Å². The fourth-order valence-electron chi connectivity index (χ4n) is 2.75. The molecular formula is C15H18ClN3O2S. The van der Waals surface area contributed by atoms with Crippen molar-refractivity contribution >= 4 is 40.1 Å². The lowest BCUT2D eigenvalue weighted by Crippen LogP contribution is -2.47. The fourth-order valence-corrected chi connectivity index (χ4v) is 3.75. The Morgan fingerprint density at radius 1 is 1.23 bits per heavy atom. The lowest BCUT2D eigenvalue weighted by molar-refractivity contribution is -0.132. The third-order valence-corrected chi connectivity index (χ3v) is 5.25. The number of hydrogen-bond donors (Lipinski definition) is 1. The number of nitrogens with one attached hydrogen (secondary N) is 1. The van der Waals surface area contributed by atoms with Crippen LogP contribution in [0.1, 0.15) is 6.42 Å². The van der Waals surface area contributed by atoms with E-state index in [0.29, 0.717) is 0 Å². The summed E-state index contributed by atoms with van der Waals surface area (Å²) in [6.07, 6.45) is 0.805. The molecule has 3 rings (SSSR count). The molecule has 1 unspecified atom stereocenters. The van der Waals surface area contributed by atoms with Gasteiger partial charge >= 0.3 is 0 Å². The van der Waals surface area contributed by atoms with Crippen molar-refractivity contribution in [2.45, 2.75) is 11.8 Å². The molecule has 0 radical (unpaired) electrons. The maximum atomic E-state index is 11.2. The van der Waals surface area contributed by atoms with E-state index in [0.717, 1.165) is 61.6 Å². The largest absolute Gasteiger partial charge is 0.369 e. The second-order valence-electron chi connectivity index (χ2n) is 5.46. The number of anilines is 1. The van der Waals surface area contributed by atoms with E-state index < -0.39 is 5.91 Å². The van der Waals surface area contributed by atoms with Crippen molar-refractivity contribution in [3.05, 3.63) is 29.3 Å². The van der Waals surface area contributed by atoms with Crippen molar-refractivity contribution in [1.82, 2.24) is 10.2 Å². The summed E-state index contributed by atoms with van der Waals surface area (Å²) in [6, 6.07) is 7.93. The predicted molar refractivity (Wildman–Crippen MR) is 89.3 cm³/mol. The molecule has 1 aromatic carbocycles. The minimum absolute atomic E-state index is 0.0639. The average Bonchev–Trinajstić information content (AvgIpc) is 2.84. The van der Waals surface area contributed by atoms with Gasteiger partial charge in [-0.2, -0.15) is 0 Å². The molecule has 0 saturated carbocycles. The quantitative estimate of drug-likeness (QED) is 0.844. The monoisotopic (exact) mass is 339 g/mol. The van der Waals surface area contributed by atoms with Crippen molar-refractivity contribution in [2.24, 2.45) is 0 Å². The van der Waals surface area contributed by atoms with Gasteiger partial charge in [0.25, 0.3) is 11.0 Å². The zero-order valence-corrected chi connectivity index (χ0v) is 13.7. The number of carbonyl (C=O) groups is 2. The van der Waals surface area contributed by atoms with Crippen molar-refractivity contribution in [1.29, 1.82) is 0 Å². The number of thioether (sulfide) groups is 1. The van der Waals surface area contributed by atoms with Crippen LogP contribution >= 0.6 is 23.4 Å². The minimum Gasteiger partial charge on any atom is -0.369 e. The van der Waals surface area contributed by atoms with E-state index in [1.165, 1.54) is 0 Å². The molecule has 0 aromatic heterocycles. The lowest BCUT2D eigenvalue weighted by atomic mass is 10.2. The molecule has 0 bridgehead atoms. The fraction of sp³-hybridized carbons (Fsp3) is 0.467. The van der Waals surface area contributed by atoms with Crippen LogP contribution in [0.3, 0.4) is 0 Å². The van der Waals surface area contributed by atoms with Crippen LogP contribution in [0.5, 0.6) is 0 Å². The summed E-state index contributed by atoms with van der Waals surface area (Å²) in [5, 5.41) is 3.04. The van der Waals surface area contributed by atoms with Gasteiger partial charge in [0.1, 0.15) is 0 Å². The topological polar surface area (TPSA) is 52.7 Å². The smallest absolute Gasteiger partial charge is 0.299 e. The second-order valence-corrected chi connectivity index (χ2v) is 7.08. The Morgan fingerprint density at radius 2 is 2.00 bits per heavy atom. The molecule has 2 saturated heterocycles. The van der Waals surface area contributed by atoms with Gasteiger partial charge in [0.15, 0.2) is 0 Å². The number of amides is 1. The summed E-state index contributed by atoms with van der Waals surface area (Å²) in [4.78, 5) is 27.0. The van der Waals surface area contributed by atoms with Crippen LogP contribution in [0, 0.1) is 0 Å². The van der Waals surface area contributed by atoms with E-state index in [4.69, 9.17) is 11.6 Å². The molecule has 2 fully saturated rings. The molecule has 2 aliphatic rings. The molecule has 0 aliphatic carbocycles. The number of rotatable bonds is 4. The first kappa shape index (κ1) is 15.6. The number of piperazine rings is 1. The van der Waals surface area contributed by atoms with E-state index >= 15 is 0 Å². The second kappa shape index (κ2) is 6.89. The van der Waals surface area contributed by atoms with Gasteiger partial charge in [-0.05, 0) is 24.6 Å². The predicted octanol–water partition coefficient (Wildman–Crippen LogP) is 1.57. The van der Waals surface area contributed by atoms with Gasteiger partial charge in [0.05, 0.1) is 5.37 Å². The molecule has 1 aromatic rings. The van der Waals surface area contributed by atoms with Crippen LogP contribution in [0.25, 0.3) is 0 Å². The zero-order valence-electron chi connectivity index (χ0n) is 12.1. The van der Waals surface area contributed by atoms with Crippen LogP contribution < -0.4 is 10.2 Å². The van der Waals surface area contributed by atoms with Crippen LogP contribution in [-0.4, -0.2) is 54.0 Å². The summed E-state index contributed by atoms with van der Waals surface area (Å²) >= 11 is 7.15. The van der Waals surface area contributed by atoms with Crippen molar-refractivity contribution in [2.75, 3.05) is 37.6 Å². The average molecular weight is 340 g/mol. The Kier molecular flexibility index (Phi) is 4.90. The third-order valence-electron chi connectivity index (χ3n) is 3.98. The molecule has 1 N–H and O–H groups in total. The molecule has 0 spiro atoms. The molecule has 2 heterocycles. The van der Waals surface area contributed by atoms with Gasteiger partial charge in [0.2, 0.25) is 0 Å². The SMILES string of the molecule is O=C1NC(CCN2CCN(c3cccc(Cl)c3)CC2)SC1=O. The van der Waals surface area contributed by atoms with E-state index in [1.54, 1.807) is 0 Å². The van der Waals surface area contributed by atoms with Gasteiger partial charge in [-0.15, -0.1) is 0 Å². The highest BCUT2D eigenvalue weighted by atomic mass is 35.5. The molecule has 22 heavy (non-hydrogen) atoms. The maximum absolute atomic E-state index is 11.2. The van der Waals surface area contributed by atoms with Crippen molar-refractivity contribution in [3.8, 4) is 0 Å². The highest BCUT2D eigenvalue weighted by Crippen LogP contribution is 2.22. The van der Waals surface area contributed by atoms with Crippen LogP contribution in [0.2, 0.25) is 5.02 Å². The number of benzene rings is 1. The summed E-state index contributed by atoms with van der Waals surface area (Å²) in [5.74, 6) is -0.458. The Morgan fingerprint density at radius 3 is 2.64 bits per heavy atom. The van der Waals surface area contributed by atoms with Gasteiger partial charge < -0.3 is 10.2 Å².